The van der Waals surface area contributed by atoms with Crippen LogP contribution in [0, 0.1) is 11.7 Å². The summed E-state index contributed by atoms with van der Waals surface area (Å²) in [5.41, 5.74) is -0.870. The van der Waals surface area contributed by atoms with Gasteiger partial charge in [0.1, 0.15) is 5.82 Å². The van der Waals surface area contributed by atoms with Gasteiger partial charge in [0.25, 0.3) is 5.91 Å². The van der Waals surface area contributed by atoms with E-state index in [1.54, 1.807) is 0 Å². The molecule has 0 atom stereocenters. The van der Waals surface area contributed by atoms with Gasteiger partial charge in [-0.25, -0.2) is 4.39 Å². The van der Waals surface area contributed by atoms with E-state index in [1.165, 1.54) is 6.07 Å². The Morgan fingerprint density at radius 1 is 1.38 bits per heavy atom. The van der Waals surface area contributed by atoms with Gasteiger partial charge < -0.3 is 10.4 Å². The molecule has 6 heteroatoms. The van der Waals surface area contributed by atoms with Crippen molar-refractivity contribution in [2.24, 2.45) is 5.92 Å². The third-order valence-electron chi connectivity index (χ3n) is 4.04. The second-order valence-corrected chi connectivity index (χ2v) is 6.65. The summed E-state index contributed by atoms with van der Waals surface area (Å²) in [4.78, 5) is 12.1. The molecule has 1 aliphatic carbocycles. The van der Waals surface area contributed by atoms with Crippen molar-refractivity contribution in [1.82, 2.24) is 5.32 Å². The molecule has 0 heterocycles. The molecule has 2 N–H and O–H groups in total. The van der Waals surface area contributed by atoms with E-state index < -0.39 is 17.3 Å². The molecule has 1 aromatic carbocycles. The highest BCUT2D eigenvalue weighted by Crippen LogP contribution is 2.31. The first-order chi connectivity index (χ1) is 9.81. The number of carbonyl (C=O) groups is 1. The largest absolute Gasteiger partial charge is 0.388 e. The number of benzene rings is 1. The highest BCUT2D eigenvalue weighted by molar-refractivity contribution is 6.36. The predicted molar refractivity (Wildman–Crippen MR) is 81.3 cm³/mol. The summed E-state index contributed by atoms with van der Waals surface area (Å²) in [6.45, 7) is 2.29. The number of amides is 1. The number of carbonyl (C=O) groups excluding carboxylic acids is 1. The molecule has 0 aromatic heterocycles. The first-order valence-corrected chi connectivity index (χ1v) is 7.71. The standard InChI is InChI=1S/C15H18Cl2FNO2/c1-9-2-4-15(21,5-3-9)8-19-14(20)10-6-13(18)12(17)7-11(10)16/h6-7,9,21H,2-5,8H2,1H3,(H,19,20). The second-order valence-electron chi connectivity index (χ2n) is 5.84. The fourth-order valence-corrected chi connectivity index (χ4v) is 2.98. The topological polar surface area (TPSA) is 49.3 Å². The van der Waals surface area contributed by atoms with E-state index in [0.29, 0.717) is 18.8 Å². The van der Waals surface area contributed by atoms with Crippen LogP contribution in [0.4, 0.5) is 4.39 Å². The van der Waals surface area contributed by atoms with Crippen LogP contribution in [0.25, 0.3) is 0 Å². The molecule has 0 aliphatic heterocycles. The average molecular weight is 334 g/mol. The third-order valence-corrected chi connectivity index (χ3v) is 4.64. The van der Waals surface area contributed by atoms with Crippen molar-refractivity contribution >= 4 is 29.1 Å². The molecule has 1 fully saturated rings. The van der Waals surface area contributed by atoms with Gasteiger partial charge in [-0.2, -0.15) is 0 Å². The number of hydrogen-bond acceptors (Lipinski definition) is 2. The molecule has 1 amide bonds. The maximum absolute atomic E-state index is 13.4. The van der Waals surface area contributed by atoms with E-state index in [1.807, 2.05) is 0 Å². The van der Waals surface area contributed by atoms with Gasteiger partial charge in [-0.3, -0.25) is 4.79 Å². The zero-order valence-corrected chi connectivity index (χ0v) is 13.3. The van der Waals surface area contributed by atoms with Crippen molar-refractivity contribution in [3.8, 4) is 0 Å². The molecular weight excluding hydrogens is 316 g/mol. The second kappa shape index (κ2) is 6.51. The quantitative estimate of drug-likeness (QED) is 0.826. The lowest BCUT2D eigenvalue weighted by Crippen LogP contribution is -2.45. The summed E-state index contributed by atoms with van der Waals surface area (Å²) < 4.78 is 13.4. The highest BCUT2D eigenvalue weighted by atomic mass is 35.5. The van der Waals surface area contributed by atoms with Gasteiger partial charge in [-0.15, -0.1) is 0 Å². The fraction of sp³-hybridized carbons (Fsp3) is 0.533. The lowest BCUT2D eigenvalue weighted by atomic mass is 9.79. The van der Waals surface area contributed by atoms with Crippen LogP contribution < -0.4 is 5.32 Å². The number of hydrogen-bond donors (Lipinski definition) is 2. The maximum atomic E-state index is 13.4. The normalized spacial score (nSPS) is 25.7. The minimum Gasteiger partial charge on any atom is -0.388 e. The van der Waals surface area contributed by atoms with Crippen molar-refractivity contribution in [1.29, 1.82) is 0 Å². The maximum Gasteiger partial charge on any atom is 0.253 e. The SMILES string of the molecule is CC1CCC(O)(CNC(=O)c2cc(F)c(Cl)cc2Cl)CC1. The number of rotatable bonds is 3. The van der Waals surface area contributed by atoms with Gasteiger partial charge in [-0.05, 0) is 43.7 Å². The Balaban J connectivity index is 2.00. The van der Waals surface area contributed by atoms with Crippen LogP contribution in [0.3, 0.4) is 0 Å². The van der Waals surface area contributed by atoms with Crippen LogP contribution in [0.2, 0.25) is 10.0 Å². The summed E-state index contributed by atoms with van der Waals surface area (Å²) >= 11 is 11.5. The van der Waals surface area contributed by atoms with Crippen LogP contribution >= 0.6 is 23.2 Å². The van der Waals surface area contributed by atoms with Crippen molar-refractivity contribution in [3.05, 3.63) is 33.6 Å². The number of aliphatic hydroxyl groups is 1. The Morgan fingerprint density at radius 2 is 2.00 bits per heavy atom. The van der Waals surface area contributed by atoms with Crippen LogP contribution in [0.5, 0.6) is 0 Å². The van der Waals surface area contributed by atoms with E-state index in [4.69, 9.17) is 23.2 Å². The van der Waals surface area contributed by atoms with Crippen molar-refractivity contribution in [3.63, 3.8) is 0 Å². The molecule has 3 nitrogen and oxygen atoms in total. The number of nitrogens with one attached hydrogen (secondary N) is 1. The molecule has 1 aromatic rings. The minimum absolute atomic E-state index is 0.0198. The molecule has 0 bridgehead atoms. The van der Waals surface area contributed by atoms with Crippen molar-refractivity contribution < 1.29 is 14.3 Å². The van der Waals surface area contributed by atoms with E-state index >= 15 is 0 Å². The molecule has 1 aliphatic rings. The Hall–Kier alpha value is -0.840. The van der Waals surface area contributed by atoms with Crippen LogP contribution in [0.1, 0.15) is 43.0 Å². The summed E-state index contributed by atoms with van der Waals surface area (Å²) in [6, 6.07) is 2.21. The summed E-state index contributed by atoms with van der Waals surface area (Å²) in [6.07, 6.45) is 3.17. The molecule has 1 saturated carbocycles. The van der Waals surface area contributed by atoms with Gasteiger partial charge >= 0.3 is 0 Å². The monoisotopic (exact) mass is 333 g/mol. The zero-order valence-electron chi connectivity index (χ0n) is 11.8. The Labute approximate surface area is 133 Å². The first kappa shape index (κ1) is 16.5. The van der Waals surface area contributed by atoms with Gasteiger partial charge in [0, 0.05) is 6.54 Å². The van der Waals surface area contributed by atoms with E-state index in [0.717, 1.165) is 18.9 Å². The molecule has 0 unspecified atom stereocenters. The first-order valence-electron chi connectivity index (χ1n) is 6.96. The van der Waals surface area contributed by atoms with Crippen molar-refractivity contribution in [2.75, 3.05) is 6.54 Å². The Kier molecular flexibility index (Phi) is 5.12. The summed E-state index contributed by atoms with van der Waals surface area (Å²) in [7, 11) is 0. The molecule has 2 rings (SSSR count). The molecular formula is C15H18Cl2FNO2. The van der Waals surface area contributed by atoms with E-state index in [2.05, 4.69) is 12.2 Å². The molecule has 0 saturated heterocycles. The third kappa shape index (κ3) is 4.09. The van der Waals surface area contributed by atoms with Crippen LogP contribution in [0.15, 0.2) is 12.1 Å². The molecule has 0 radical (unpaired) electrons. The lowest BCUT2D eigenvalue weighted by molar-refractivity contribution is -0.00540. The Bertz CT molecular complexity index is 543. The number of halogens is 3. The smallest absolute Gasteiger partial charge is 0.253 e. The molecule has 21 heavy (non-hydrogen) atoms. The van der Waals surface area contributed by atoms with Gasteiger partial charge in [0.15, 0.2) is 0 Å². The van der Waals surface area contributed by atoms with E-state index in [-0.39, 0.29) is 22.2 Å². The fourth-order valence-electron chi connectivity index (χ4n) is 2.51. The van der Waals surface area contributed by atoms with Gasteiger partial charge in [0.2, 0.25) is 0 Å². The highest BCUT2D eigenvalue weighted by Gasteiger charge is 2.32. The molecule has 0 spiro atoms. The zero-order chi connectivity index (χ0) is 15.6. The average Bonchev–Trinajstić information content (AvgIpc) is 2.44. The van der Waals surface area contributed by atoms with Gasteiger partial charge in [-0.1, -0.05) is 30.1 Å². The van der Waals surface area contributed by atoms with E-state index in [9.17, 15) is 14.3 Å². The molecule has 116 valence electrons. The van der Waals surface area contributed by atoms with Crippen molar-refractivity contribution in [2.45, 2.75) is 38.2 Å². The van der Waals surface area contributed by atoms with Crippen LogP contribution in [-0.4, -0.2) is 23.2 Å². The lowest BCUT2D eigenvalue weighted by Gasteiger charge is -2.34. The summed E-state index contributed by atoms with van der Waals surface area (Å²) in [5.74, 6) is -0.611. The summed E-state index contributed by atoms with van der Waals surface area (Å²) in [5, 5.41) is 13.0. The Morgan fingerprint density at radius 3 is 2.62 bits per heavy atom. The predicted octanol–water partition coefficient (Wildman–Crippen LogP) is 3.80. The van der Waals surface area contributed by atoms with Gasteiger partial charge in [0.05, 0.1) is 21.2 Å². The minimum atomic E-state index is -0.889. The van der Waals surface area contributed by atoms with Crippen LogP contribution in [-0.2, 0) is 0 Å².